The Balaban J connectivity index is 2.69. The van der Waals surface area contributed by atoms with Gasteiger partial charge in [0, 0.05) is 7.05 Å². The van der Waals surface area contributed by atoms with Gasteiger partial charge < -0.3 is 15.1 Å². The van der Waals surface area contributed by atoms with E-state index < -0.39 is 17.8 Å². The third-order valence-electron chi connectivity index (χ3n) is 3.42. The number of hydrogen-bond donors (Lipinski definition) is 2. The van der Waals surface area contributed by atoms with Crippen molar-refractivity contribution in [2.24, 2.45) is 11.8 Å². The van der Waals surface area contributed by atoms with Crippen LogP contribution in [0.1, 0.15) is 26.2 Å². The average molecular weight is 229 g/mol. The van der Waals surface area contributed by atoms with Crippen molar-refractivity contribution in [2.75, 3.05) is 13.7 Å². The maximum absolute atomic E-state index is 12.0. The molecule has 5 nitrogen and oxygen atoms in total. The minimum atomic E-state index is -0.888. The zero-order chi connectivity index (χ0) is 12.3. The summed E-state index contributed by atoms with van der Waals surface area (Å²) < 4.78 is 0. The number of hydrogen-bond acceptors (Lipinski definition) is 3. The Hall–Kier alpha value is -1.10. The molecule has 0 bridgehead atoms. The maximum atomic E-state index is 12.0. The molecule has 5 heteroatoms. The standard InChI is InChI=1S/C11H19NO4/c1-7(6-13)12(2)10(14)8-4-3-5-9(8)11(15)16/h7-9,13H,3-6H2,1-2H3,(H,15,16). The molecule has 0 aromatic heterocycles. The quantitative estimate of drug-likeness (QED) is 0.728. The number of aliphatic hydroxyl groups excluding tert-OH is 1. The molecule has 3 atom stereocenters. The van der Waals surface area contributed by atoms with Gasteiger partial charge in [0.25, 0.3) is 0 Å². The predicted molar refractivity (Wildman–Crippen MR) is 57.8 cm³/mol. The number of aliphatic carboxylic acids is 1. The fourth-order valence-electron chi connectivity index (χ4n) is 2.15. The van der Waals surface area contributed by atoms with Crippen LogP contribution in [0.25, 0.3) is 0 Å². The molecule has 1 aliphatic carbocycles. The Morgan fingerprint density at radius 3 is 2.44 bits per heavy atom. The highest BCUT2D eigenvalue weighted by Gasteiger charge is 2.39. The molecule has 1 rings (SSSR count). The molecule has 0 spiro atoms. The fourth-order valence-corrected chi connectivity index (χ4v) is 2.15. The number of amides is 1. The molecule has 1 saturated carbocycles. The second kappa shape index (κ2) is 5.30. The van der Waals surface area contributed by atoms with Crippen LogP contribution in [-0.2, 0) is 9.59 Å². The van der Waals surface area contributed by atoms with E-state index in [2.05, 4.69) is 0 Å². The topological polar surface area (TPSA) is 77.8 Å². The molecular formula is C11H19NO4. The number of aliphatic hydroxyl groups is 1. The van der Waals surface area contributed by atoms with Crippen molar-refractivity contribution < 1.29 is 19.8 Å². The highest BCUT2D eigenvalue weighted by atomic mass is 16.4. The molecule has 0 radical (unpaired) electrons. The lowest BCUT2D eigenvalue weighted by atomic mass is 9.94. The normalized spacial score (nSPS) is 26.4. The van der Waals surface area contributed by atoms with Crippen LogP contribution in [0.15, 0.2) is 0 Å². The number of carboxylic acid groups (broad SMARTS) is 1. The minimum Gasteiger partial charge on any atom is -0.481 e. The molecular weight excluding hydrogens is 210 g/mol. The Morgan fingerprint density at radius 2 is 1.94 bits per heavy atom. The lowest BCUT2D eigenvalue weighted by Gasteiger charge is -2.27. The molecule has 0 aliphatic heterocycles. The first-order valence-electron chi connectivity index (χ1n) is 5.59. The van der Waals surface area contributed by atoms with Gasteiger partial charge in [-0.1, -0.05) is 6.42 Å². The van der Waals surface area contributed by atoms with Crippen molar-refractivity contribution >= 4 is 11.9 Å². The number of nitrogens with zero attached hydrogens (tertiary/aromatic N) is 1. The summed E-state index contributed by atoms with van der Waals surface area (Å²) in [6.07, 6.45) is 2.00. The van der Waals surface area contributed by atoms with E-state index in [0.29, 0.717) is 12.8 Å². The van der Waals surface area contributed by atoms with Gasteiger partial charge in [-0.2, -0.15) is 0 Å². The number of rotatable bonds is 4. The lowest BCUT2D eigenvalue weighted by molar-refractivity contribution is -0.149. The summed E-state index contributed by atoms with van der Waals surface area (Å²) in [4.78, 5) is 24.4. The minimum absolute atomic E-state index is 0.104. The zero-order valence-corrected chi connectivity index (χ0v) is 9.72. The number of likely N-dealkylation sites (N-methyl/N-ethyl adjacent to an activating group) is 1. The number of carbonyl (C=O) groups is 2. The third kappa shape index (κ3) is 2.52. The van der Waals surface area contributed by atoms with E-state index in [-0.39, 0.29) is 18.6 Å². The largest absolute Gasteiger partial charge is 0.481 e. The first-order chi connectivity index (χ1) is 7.49. The summed E-state index contributed by atoms with van der Waals surface area (Å²) in [5.74, 6) is -2.02. The summed E-state index contributed by atoms with van der Waals surface area (Å²) in [5, 5.41) is 18.0. The van der Waals surface area contributed by atoms with Crippen molar-refractivity contribution in [3.63, 3.8) is 0 Å². The Morgan fingerprint density at radius 1 is 1.38 bits per heavy atom. The van der Waals surface area contributed by atoms with Gasteiger partial charge >= 0.3 is 5.97 Å². The van der Waals surface area contributed by atoms with E-state index >= 15 is 0 Å². The molecule has 0 saturated heterocycles. The molecule has 1 amide bonds. The summed E-state index contributed by atoms with van der Waals surface area (Å²) in [6, 6.07) is -0.262. The summed E-state index contributed by atoms with van der Waals surface area (Å²) in [7, 11) is 1.61. The lowest BCUT2D eigenvalue weighted by Crippen LogP contribution is -2.43. The monoisotopic (exact) mass is 229 g/mol. The second-order valence-electron chi connectivity index (χ2n) is 4.46. The van der Waals surface area contributed by atoms with E-state index in [1.54, 1.807) is 14.0 Å². The van der Waals surface area contributed by atoms with E-state index in [1.165, 1.54) is 4.90 Å². The maximum Gasteiger partial charge on any atom is 0.307 e. The van der Waals surface area contributed by atoms with E-state index in [0.717, 1.165) is 6.42 Å². The van der Waals surface area contributed by atoms with Gasteiger partial charge in [0.1, 0.15) is 0 Å². The van der Waals surface area contributed by atoms with Gasteiger partial charge in [-0.05, 0) is 19.8 Å². The van der Waals surface area contributed by atoms with Crippen LogP contribution < -0.4 is 0 Å². The first-order valence-corrected chi connectivity index (χ1v) is 5.59. The number of carboxylic acids is 1. The van der Waals surface area contributed by atoms with Crippen molar-refractivity contribution in [2.45, 2.75) is 32.2 Å². The SMILES string of the molecule is CC(CO)N(C)C(=O)C1CCCC1C(=O)O. The third-order valence-corrected chi connectivity index (χ3v) is 3.42. The van der Waals surface area contributed by atoms with Gasteiger partial charge in [-0.25, -0.2) is 0 Å². The molecule has 0 aromatic carbocycles. The van der Waals surface area contributed by atoms with Gasteiger partial charge in [0.2, 0.25) is 5.91 Å². The second-order valence-corrected chi connectivity index (χ2v) is 4.46. The van der Waals surface area contributed by atoms with Crippen LogP contribution in [0.5, 0.6) is 0 Å². The Labute approximate surface area is 95.1 Å². The Kier molecular flexibility index (Phi) is 4.29. The van der Waals surface area contributed by atoms with Gasteiger partial charge in [-0.3, -0.25) is 9.59 Å². The molecule has 2 N–H and O–H groups in total. The van der Waals surface area contributed by atoms with Crippen LogP contribution in [0.4, 0.5) is 0 Å². The molecule has 3 unspecified atom stereocenters. The van der Waals surface area contributed by atoms with Crippen molar-refractivity contribution in [3.8, 4) is 0 Å². The smallest absolute Gasteiger partial charge is 0.307 e. The molecule has 0 aromatic rings. The van der Waals surface area contributed by atoms with E-state index in [4.69, 9.17) is 10.2 Å². The number of carbonyl (C=O) groups excluding carboxylic acids is 1. The van der Waals surface area contributed by atoms with Gasteiger partial charge in [0.05, 0.1) is 24.5 Å². The highest BCUT2D eigenvalue weighted by molar-refractivity contribution is 5.85. The van der Waals surface area contributed by atoms with Crippen LogP contribution >= 0.6 is 0 Å². The van der Waals surface area contributed by atoms with Crippen molar-refractivity contribution in [1.29, 1.82) is 0 Å². The van der Waals surface area contributed by atoms with Crippen molar-refractivity contribution in [1.82, 2.24) is 4.90 Å². The van der Waals surface area contributed by atoms with Crippen LogP contribution in [0.2, 0.25) is 0 Å². The summed E-state index contributed by atoms with van der Waals surface area (Å²) in [5.41, 5.74) is 0. The summed E-state index contributed by atoms with van der Waals surface area (Å²) >= 11 is 0. The first kappa shape index (κ1) is 13.0. The molecule has 92 valence electrons. The summed E-state index contributed by atoms with van der Waals surface area (Å²) in [6.45, 7) is 1.63. The van der Waals surface area contributed by atoms with Gasteiger partial charge in [-0.15, -0.1) is 0 Å². The van der Waals surface area contributed by atoms with Crippen LogP contribution in [0.3, 0.4) is 0 Å². The van der Waals surface area contributed by atoms with Gasteiger partial charge in [0.15, 0.2) is 0 Å². The fraction of sp³-hybridized carbons (Fsp3) is 0.818. The van der Waals surface area contributed by atoms with Crippen LogP contribution in [0, 0.1) is 11.8 Å². The highest BCUT2D eigenvalue weighted by Crippen LogP contribution is 2.33. The average Bonchev–Trinajstić information content (AvgIpc) is 2.74. The Bertz CT molecular complexity index is 279. The molecule has 16 heavy (non-hydrogen) atoms. The van der Waals surface area contributed by atoms with E-state index in [9.17, 15) is 9.59 Å². The van der Waals surface area contributed by atoms with Crippen molar-refractivity contribution in [3.05, 3.63) is 0 Å². The molecule has 0 heterocycles. The van der Waals surface area contributed by atoms with E-state index in [1.807, 2.05) is 0 Å². The molecule has 1 aliphatic rings. The molecule has 1 fully saturated rings. The predicted octanol–water partition coefficient (Wildman–Crippen LogP) is 0.326. The van der Waals surface area contributed by atoms with Crippen LogP contribution in [-0.4, -0.2) is 46.7 Å². The zero-order valence-electron chi connectivity index (χ0n) is 9.72.